The largest absolute Gasteiger partial charge is 0.481 e. The minimum Gasteiger partial charge on any atom is -0.481 e. The van der Waals surface area contributed by atoms with Crippen molar-refractivity contribution >= 4 is 5.97 Å². The van der Waals surface area contributed by atoms with Crippen molar-refractivity contribution in [2.45, 2.75) is 60.0 Å². The number of aliphatic hydroxyl groups excluding tert-OH is 1. The highest BCUT2D eigenvalue weighted by atomic mass is 16.4. The number of aryl methyl sites for hydroxylation is 2. The van der Waals surface area contributed by atoms with Crippen LogP contribution >= 0.6 is 0 Å². The summed E-state index contributed by atoms with van der Waals surface area (Å²) in [6.45, 7) is 12.5. The predicted octanol–water partition coefficient (Wildman–Crippen LogP) is 3.53. The molecule has 130 valence electrons. The van der Waals surface area contributed by atoms with Crippen LogP contribution in [0.25, 0.3) is 0 Å². The number of carboxylic acid groups (broad SMARTS) is 1. The molecule has 2 N–H and O–H groups in total. The van der Waals surface area contributed by atoms with Crippen molar-refractivity contribution < 1.29 is 15.0 Å². The average Bonchev–Trinajstić information content (AvgIpc) is 2.48. The van der Waals surface area contributed by atoms with Crippen molar-refractivity contribution in [3.05, 3.63) is 33.9 Å². The molecule has 1 unspecified atom stereocenters. The maximum absolute atomic E-state index is 10.8. The average molecular weight is 321 g/mol. The summed E-state index contributed by atoms with van der Waals surface area (Å²) in [6, 6.07) is 2.16. The molecule has 0 aliphatic rings. The van der Waals surface area contributed by atoms with Gasteiger partial charge in [0.1, 0.15) is 0 Å². The Morgan fingerprint density at radius 2 is 1.65 bits per heavy atom. The molecule has 0 aliphatic carbocycles. The molecule has 0 spiro atoms. The molecular weight excluding hydrogens is 290 g/mol. The van der Waals surface area contributed by atoms with Gasteiger partial charge < -0.3 is 15.1 Å². The van der Waals surface area contributed by atoms with Crippen LogP contribution in [-0.4, -0.2) is 40.7 Å². The molecule has 0 heterocycles. The van der Waals surface area contributed by atoms with Crippen molar-refractivity contribution in [3.63, 3.8) is 0 Å². The first-order valence-corrected chi connectivity index (χ1v) is 8.47. The highest BCUT2D eigenvalue weighted by Gasteiger charge is 2.17. The molecular formula is C19H31NO3. The first kappa shape index (κ1) is 19.7. The number of carbonyl (C=O) groups is 1. The second-order valence-electron chi connectivity index (χ2n) is 6.46. The molecule has 0 amide bonds. The summed E-state index contributed by atoms with van der Waals surface area (Å²) >= 11 is 0. The Hall–Kier alpha value is -1.39. The highest BCUT2D eigenvalue weighted by molar-refractivity contribution is 5.66. The number of aliphatic hydroxyl groups is 1. The van der Waals surface area contributed by atoms with Crippen LogP contribution in [0.3, 0.4) is 0 Å². The fraction of sp³-hybridized carbons (Fsp3) is 0.632. The van der Waals surface area contributed by atoms with Gasteiger partial charge in [-0.1, -0.05) is 13.0 Å². The lowest BCUT2D eigenvalue weighted by Crippen LogP contribution is -2.29. The monoisotopic (exact) mass is 321 g/mol. The Bertz CT molecular complexity index is 514. The van der Waals surface area contributed by atoms with Crippen molar-refractivity contribution in [1.82, 2.24) is 4.90 Å². The van der Waals surface area contributed by atoms with Gasteiger partial charge in [0.05, 0.1) is 12.5 Å². The van der Waals surface area contributed by atoms with Gasteiger partial charge in [0, 0.05) is 13.1 Å². The van der Waals surface area contributed by atoms with Gasteiger partial charge in [-0.2, -0.15) is 0 Å². The molecule has 4 nitrogen and oxygen atoms in total. The Labute approximate surface area is 140 Å². The quantitative estimate of drug-likeness (QED) is 0.730. The van der Waals surface area contributed by atoms with E-state index in [0.717, 1.165) is 29.7 Å². The summed E-state index contributed by atoms with van der Waals surface area (Å²) < 4.78 is 0. The third-order valence-electron chi connectivity index (χ3n) is 4.66. The zero-order valence-corrected chi connectivity index (χ0v) is 15.1. The van der Waals surface area contributed by atoms with Crippen LogP contribution in [0, 0.1) is 27.7 Å². The standard InChI is InChI=1S/C19H31NO3/c1-6-9-20(11-8-18(22)23)10-7-17(21)19-15(4)13(2)12-14(3)16(19)5/h12,17,21H,6-11H2,1-5H3,(H,22,23). The van der Waals surface area contributed by atoms with Crippen LogP contribution in [0.2, 0.25) is 0 Å². The number of carboxylic acids is 1. The molecule has 0 aliphatic heterocycles. The van der Waals surface area contributed by atoms with E-state index < -0.39 is 12.1 Å². The van der Waals surface area contributed by atoms with E-state index in [1.54, 1.807) is 0 Å². The number of hydrogen-bond acceptors (Lipinski definition) is 3. The van der Waals surface area contributed by atoms with Gasteiger partial charge in [-0.3, -0.25) is 4.79 Å². The Kier molecular flexibility index (Phi) is 7.73. The van der Waals surface area contributed by atoms with Gasteiger partial charge in [0.25, 0.3) is 0 Å². The molecule has 0 saturated carbocycles. The predicted molar refractivity (Wildman–Crippen MR) is 94.0 cm³/mol. The van der Waals surface area contributed by atoms with Crippen LogP contribution in [0.5, 0.6) is 0 Å². The van der Waals surface area contributed by atoms with Gasteiger partial charge in [0.2, 0.25) is 0 Å². The van der Waals surface area contributed by atoms with E-state index in [2.05, 4.69) is 45.6 Å². The maximum atomic E-state index is 10.8. The van der Waals surface area contributed by atoms with Crippen LogP contribution in [0.1, 0.15) is 60.1 Å². The molecule has 0 fully saturated rings. The molecule has 23 heavy (non-hydrogen) atoms. The van der Waals surface area contributed by atoms with Crippen LogP contribution in [-0.2, 0) is 4.79 Å². The molecule has 0 aromatic heterocycles. The summed E-state index contributed by atoms with van der Waals surface area (Å²) in [4.78, 5) is 12.9. The number of aliphatic carboxylic acids is 1. The maximum Gasteiger partial charge on any atom is 0.304 e. The summed E-state index contributed by atoms with van der Waals surface area (Å²) in [5, 5.41) is 19.5. The highest BCUT2D eigenvalue weighted by Crippen LogP contribution is 2.29. The van der Waals surface area contributed by atoms with E-state index in [4.69, 9.17) is 5.11 Å². The summed E-state index contributed by atoms with van der Waals surface area (Å²) in [7, 11) is 0. The molecule has 1 rings (SSSR count). The smallest absolute Gasteiger partial charge is 0.304 e. The first-order valence-electron chi connectivity index (χ1n) is 8.47. The summed E-state index contributed by atoms with van der Waals surface area (Å²) in [5.74, 6) is -0.771. The molecule has 1 aromatic carbocycles. The number of nitrogens with zero attached hydrogens (tertiary/aromatic N) is 1. The Balaban J connectivity index is 2.78. The van der Waals surface area contributed by atoms with E-state index in [0.29, 0.717) is 19.5 Å². The zero-order valence-electron chi connectivity index (χ0n) is 15.1. The Morgan fingerprint density at radius 3 is 2.13 bits per heavy atom. The summed E-state index contributed by atoms with van der Waals surface area (Å²) in [5.41, 5.74) is 5.77. The lowest BCUT2D eigenvalue weighted by molar-refractivity contribution is -0.137. The van der Waals surface area contributed by atoms with Crippen molar-refractivity contribution in [2.24, 2.45) is 0 Å². The van der Waals surface area contributed by atoms with Gasteiger partial charge in [0.15, 0.2) is 0 Å². The number of hydrogen-bond donors (Lipinski definition) is 2. The second-order valence-corrected chi connectivity index (χ2v) is 6.46. The lowest BCUT2D eigenvalue weighted by Gasteiger charge is -2.25. The molecule has 0 bridgehead atoms. The topological polar surface area (TPSA) is 60.8 Å². The third kappa shape index (κ3) is 5.63. The molecule has 4 heteroatoms. The first-order chi connectivity index (χ1) is 10.8. The minimum absolute atomic E-state index is 0.151. The zero-order chi connectivity index (χ0) is 17.6. The number of benzene rings is 1. The van der Waals surface area contributed by atoms with Crippen molar-refractivity contribution in [2.75, 3.05) is 19.6 Å². The SMILES string of the molecule is CCCN(CCC(=O)O)CCC(O)c1c(C)c(C)cc(C)c1C. The van der Waals surface area contributed by atoms with Crippen LogP contribution < -0.4 is 0 Å². The van der Waals surface area contributed by atoms with Gasteiger partial charge in [-0.05, 0) is 74.9 Å². The van der Waals surface area contributed by atoms with E-state index >= 15 is 0 Å². The molecule has 0 saturated heterocycles. The van der Waals surface area contributed by atoms with E-state index in [1.165, 1.54) is 11.1 Å². The molecule has 0 radical (unpaired) electrons. The summed E-state index contributed by atoms with van der Waals surface area (Å²) in [6.07, 6.45) is 1.26. The van der Waals surface area contributed by atoms with Gasteiger partial charge in [-0.15, -0.1) is 0 Å². The minimum atomic E-state index is -0.771. The van der Waals surface area contributed by atoms with Crippen molar-refractivity contribution in [3.8, 4) is 0 Å². The van der Waals surface area contributed by atoms with Crippen molar-refractivity contribution in [1.29, 1.82) is 0 Å². The third-order valence-corrected chi connectivity index (χ3v) is 4.66. The van der Waals surface area contributed by atoms with Crippen LogP contribution in [0.4, 0.5) is 0 Å². The van der Waals surface area contributed by atoms with Crippen LogP contribution in [0.15, 0.2) is 6.07 Å². The van der Waals surface area contributed by atoms with Gasteiger partial charge in [-0.25, -0.2) is 0 Å². The fourth-order valence-corrected chi connectivity index (χ4v) is 3.10. The van der Waals surface area contributed by atoms with Gasteiger partial charge >= 0.3 is 5.97 Å². The second kappa shape index (κ2) is 9.04. The lowest BCUT2D eigenvalue weighted by atomic mass is 9.90. The Morgan fingerprint density at radius 1 is 1.09 bits per heavy atom. The van der Waals surface area contributed by atoms with E-state index in [-0.39, 0.29) is 6.42 Å². The normalized spacial score (nSPS) is 12.7. The molecule has 1 aromatic rings. The fourth-order valence-electron chi connectivity index (χ4n) is 3.10. The molecule has 1 atom stereocenters. The van der Waals surface area contributed by atoms with E-state index in [1.807, 2.05) is 0 Å². The van der Waals surface area contributed by atoms with E-state index in [9.17, 15) is 9.90 Å². The number of rotatable bonds is 9.